The summed E-state index contributed by atoms with van der Waals surface area (Å²) in [7, 11) is 0. The summed E-state index contributed by atoms with van der Waals surface area (Å²) < 4.78 is 0. The number of carbonyl (C=O) groups is 2. The molecule has 0 saturated carbocycles. The van der Waals surface area contributed by atoms with E-state index in [1.165, 1.54) is 0 Å². The van der Waals surface area contributed by atoms with Crippen molar-refractivity contribution >= 4 is 17.5 Å². The van der Waals surface area contributed by atoms with Gasteiger partial charge in [-0.25, -0.2) is 0 Å². The number of rotatable bonds is 6. The number of anilines is 1. The van der Waals surface area contributed by atoms with Crippen molar-refractivity contribution in [1.29, 1.82) is 0 Å². The minimum atomic E-state index is -0.315. The van der Waals surface area contributed by atoms with E-state index in [2.05, 4.69) is 5.32 Å². The van der Waals surface area contributed by atoms with Crippen LogP contribution in [0.3, 0.4) is 0 Å². The second-order valence-corrected chi connectivity index (χ2v) is 4.47. The maximum atomic E-state index is 11.7. The first-order chi connectivity index (χ1) is 8.50. The van der Waals surface area contributed by atoms with E-state index in [1.54, 1.807) is 0 Å². The predicted octanol–water partition coefficient (Wildman–Crippen LogP) is 2.29. The molecular weight excluding hydrogens is 228 g/mol. The van der Waals surface area contributed by atoms with Gasteiger partial charge in [0.1, 0.15) is 0 Å². The number of primary amides is 1. The van der Waals surface area contributed by atoms with Crippen molar-refractivity contribution in [2.24, 2.45) is 5.73 Å². The lowest BCUT2D eigenvalue weighted by Crippen LogP contribution is -2.13. The van der Waals surface area contributed by atoms with Crippen LogP contribution in [0.5, 0.6) is 0 Å². The summed E-state index contributed by atoms with van der Waals surface area (Å²) in [4.78, 5) is 22.2. The summed E-state index contributed by atoms with van der Waals surface area (Å²) in [5, 5.41) is 2.88. The van der Waals surface area contributed by atoms with Crippen LogP contribution in [0.2, 0.25) is 0 Å². The summed E-state index contributed by atoms with van der Waals surface area (Å²) in [6.07, 6.45) is 2.10. The van der Waals surface area contributed by atoms with Crippen LogP contribution in [-0.2, 0) is 9.59 Å². The maximum Gasteiger partial charge on any atom is 0.224 e. The second kappa shape index (κ2) is 6.79. The molecule has 0 saturated heterocycles. The third kappa shape index (κ3) is 4.57. The monoisotopic (exact) mass is 248 g/mol. The Labute approximate surface area is 108 Å². The number of hydrogen-bond donors (Lipinski definition) is 2. The fraction of sp³-hybridized carbons (Fsp3) is 0.429. The van der Waals surface area contributed by atoms with E-state index in [0.29, 0.717) is 25.7 Å². The molecule has 1 aromatic carbocycles. The lowest BCUT2D eigenvalue weighted by atomic mass is 10.1. The van der Waals surface area contributed by atoms with Crippen LogP contribution >= 0.6 is 0 Å². The maximum absolute atomic E-state index is 11.7. The van der Waals surface area contributed by atoms with Gasteiger partial charge in [-0.05, 0) is 43.9 Å². The SMILES string of the molecule is Cc1cccc(NC(=O)CCCCC(N)=O)c1C. The van der Waals surface area contributed by atoms with Crippen molar-refractivity contribution < 1.29 is 9.59 Å². The summed E-state index contributed by atoms with van der Waals surface area (Å²) in [6.45, 7) is 4.00. The van der Waals surface area contributed by atoms with Gasteiger partial charge in [-0.2, -0.15) is 0 Å². The molecule has 4 nitrogen and oxygen atoms in total. The third-order valence-corrected chi connectivity index (χ3v) is 2.96. The molecule has 0 atom stereocenters. The van der Waals surface area contributed by atoms with E-state index in [9.17, 15) is 9.59 Å². The molecule has 0 heterocycles. The molecule has 2 amide bonds. The average molecular weight is 248 g/mol. The Balaban J connectivity index is 2.40. The molecule has 0 aliphatic rings. The lowest BCUT2D eigenvalue weighted by Gasteiger charge is -2.10. The highest BCUT2D eigenvalue weighted by molar-refractivity contribution is 5.91. The smallest absolute Gasteiger partial charge is 0.224 e. The van der Waals surface area contributed by atoms with Crippen molar-refractivity contribution in [3.8, 4) is 0 Å². The molecule has 0 aliphatic carbocycles. The van der Waals surface area contributed by atoms with Crippen molar-refractivity contribution in [2.45, 2.75) is 39.5 Å². The van der Waals surface area contributed by atoms with Crippen LogP contribution in [0.25, 0.3) is 0 Å². The number of amides is 2. The molecule has 0 aromatic heterocycles. The molecule has 0 fully saturated rings. The molecule has 0 spiro atoms. The first-order valence-electron chi connectivity index (χ1n) is 6.15. The number of carbonyl (C=O) groups excluding carboxylic acids is 2. The molecule has 1 rings (SSSR count). The Morgan fingerprint density at radius 3 is 2.50 bits per heavy atom. The van der Waals surface area contributed by atoms with Gasteiger partial charge < -0.3 is 11.1 Å². The molecule has 4 heteroatoms. The normalized spacial score (nSPS) is 10.1. The number of unbranched alkanes of at least 4 members (excludes halogenated alkanes) is 1. The standard InChI is InChI=1S/C14H20N2O2/c1-10-6-5-7-12(11(10)2)16-14(18)9-4-3-8-13(15)17/h5-7H,3-4,8-9H2,1-2H3,(H2,15,17)(H,16,18). The first-order valence-corrected chi connectivity index (χ1v) is 6.15. The number of nitrogens with one attached hydrogen (secondary N) is 1. The molecule has 0 bridgehead atoms. The quantitative estimate of drug-likeness (QED) is 0.758. The lowest BCUT2D eigenvalue weighted by molar-refractivity contribution is -0.119. The first kappa shape index (κ1) is 14.2. The van der Waals surface area contributed by atoms with Gasteiger partial charge in [0.15, 0.2) is 0 Å². The molecule has 1 aromatic rings. The van der Waals surface area contributed by atoms with E-state index >= 15 is 0 Å². The zero-order valence-corrected chi connectivity index (χ0v) is 11.0. The fourth-order valence-corrected chi connectivity index (χ4v) is 1.68. The van der Waals surface area contributed by atoms with E-state index in [4.69, 9.17) is 5.73 Å². The molecule has 18 heavy (non-hydrogen) atoms. The van der Waals surface area contributed by atoms with Crippen LogP contribution in [0, 0.1) is 13.8 Å². The topological polar surface area (TPSA) is 72.2 Å². The predicted molar refractivity (Wildman–Crippen MR) is 72.2 cm³/mol. The minimum absolute atomic E-state index is 0.0202. The molecule has 3 N–H and O–H groups in total. The van der Waals surface area contributed by atoms with Gasteiger partial charge in [0.2, 0.25) is 11.8 Å². The van der Waals surface area contributed by atoms with Crippen LogP contribution in [-0.4, -0.2) is 11.8 Å². The van der Waals surface area contributed by atoms with Crippen molar-refractivity contribution in [2.75, 3.05) is 5.32 Å². The Bertz CT molecular complexity index is 441. The highest BCUT2D eigenvalue weighted by Gasteiger charge is 2.06. The summed E-state index contributed by atoms with van der Waals surface area (Å²) in [5.41, 5.74) is 8.13. The molecular formula is C14H20N2O2. The molecule has 0 radical (unpaired) electrons. The summed E-state index contributed by atoms with van der Waals surface area (Å²) >= 11 is 0. The van der Waals surface area contributed by atoms with E-state index in [-0.39, 0.29) is 11.8 Å². The number of nitrogens with two attached hydrogens (primary N) is 1. The third-order valence-electron chi connectivity index (χ3n) is 2.96. The van der Waals surface area contributed by atoms with E-state index in [1.807, 2.05) is 32.0 Å². The van der Waals surface area contributed by atoms with Gasteiger partial charge >= 0.3 is 0 Å². The van der Waals surface area contributed by atoms with Crippen molar-refractivity contribution in [3.63, 3.8) is 0 Å². The van der Waals surface area contributed by atoms with Crippen molar-refractivity contribution in [1.82, 2.24) is 0 Å². The van der Waals surface area contributed by atoms with Crippen LogP contribution in [0.15, 0.2) is 18.2 Å². The number of benzene rings is 1. The van der Waals surface area contributed by atoms with Crippen LogP contribution in [0.4, 0.5) is 5.69 Å². The molecule has 0 aliphatic heterocycles. The van der Waals surface area contributed by atoms with Gasteiger partial charge in [0.25, 0.3) is 0 Å². The van der Waals surface area contributed by atoms with Gasteiger partial charge in [-0.15, -0.1) is 0 Å². The van der Waals surface area contributed by atoms with Gasteiger partial charge in [0, 0.05) is 18.5 Å². The van der Waals surface area contributed by atoms with Gasteiger partial charge in [-0.1, -0.05) is 12.1 Å². The van der Waals surface area contributed by atoms with Crippen LogP contribution in [0.1, 0.15) is 36.8 Å². The Morgan fingerprint density at radius 1 is 1.17 bits per heavy atom. The summed E-state index contributed by atoms with van der Waals surface area (Å²) in [6, 6.07) is 5.83. The summed E-state index contributed by atoms with van der Waals surface area (Å²) in [5.74, 6) is -0.335. The number of aryl methyl sites for hydroxylation is 1. The zero-order valence-electron chi connectivity index (χ0n) is 11.0. The minimum Gasteiger partial charge on any atom is -0.370 e. The van der Waals surface area contributed by atoms with Gasteiger partial charge in [-0.3, -0.25) is 9.59 Å². The van der Waals surface area contributed by atoms with Crippen molar-refractivity contribution in [3.05, 3.63) is 29.3 Å². The van der Waals surface area contributed by atoms with Gasteiger partial charge in [0.05, 0.1) is 0 Å². The van der Waals surface area contributed by atoms with Crippen LogP contribution < -0.4 is 11.1 Å². The Hall–Kier alpha value is -1.84. The highest BCUT2D eigenvalue weighted by Crippen LogP contribution is 2.18. The highest BCUT2D eigenvalue weighted by atomic mass is 16.1. The Morgan fingerprint density at radius 2 is 1.83 bits per heavy atom. The largest absolute Gasteiger partial charge is 0.370 e. The molecule has 0 unspecified atom stereocenters. The van der Waals surface area contributed by atoms with E-state index < -0.39 is 0 Å². The van der Waals surface area contributed by atoms with E-state index in [0.717, 1.165) is 16.8 Å². The molecule has 98 valence electrons. The average Bonchev–Trinajstić information content (AvgIpc) is 2.30. The number of hydrogen-bond acceptors (Lipinski definition) is 2. The fourth-order valence-electron chi connectivity index (χ4n) is 1.68. The second-order valence-electron chi connectivity index (χ2n) is 4.47. The Kier molecular flexibility index (Phi) is 5.36. The zero-order chi connectivity index (χ0) is 13.5.